The van der Waals surface area contributed by atoms with Gasteiger partial charge in [-0.25, -0.2) is 4.79 Å². The third-order valence-electron chi connectivity index (χ3n) is 7.02. The summed E-state index contributed by atoms with van der Waals surface area (Å²) < 4.78 is 18.0. The molecule has 0 amide bonds. The number of carbonyl (C=O) groups is 1. The Labute approximate surface area is 229 Å². The highest BCUT2D eigenvalue weighted by Crippen LogP contribution is 2.36. The Hall–Kier alpha value is -5.13. The van der Waals surface area contributed by atoms with Crippen molar-refractivity contribution in [3.8, 4) is 23.3 Å². The van der Waals surface area contributed by atoms with E-state index in [1.807, 2.05) is 65.6 Å². The SMILES string of the molecule is N#Cc1cccc(COc2ccc(CN3CC(C(=O)O)C3)c(Oc3cc(=O)oc4c3ccc3ccccc34)c2)c1. The smallest absolute Gasteiger partial charge is 0.339 e. The average Bonchev–Trinajstić information content (AvgIpc) is 2.94. The molecule has 0 aliphatic carbocycles. The van der Waals surface area contributed by atoms with E-state index in [2.05, 4.69) is 6.07 Å². The summed E-state index contributed by atoms with van der Waals surface area (Å²) in [4.78, 5) is 25.9. The Kier molecular flexibility index (Phi) is 6.64. The second kappa shape index (κ2) is 10.6. The zero-order chi connectivity index (χ0) is 27.6. The second-order valence-corrected chi connectivity index (χ2v) is 9.79. The fourth-order valence-electron chi connectivity index (χ4n) is 4.91. The fourth-order valence-corrected chi connectivity index (χ4v) is 4.91. The molecule has 1 aliphatic rings. The molecule has 1 aromatic heterocycles. The number of hydrogen-bond acceptors (Lipinski definition) is 7. The first-order chi connectivity index (χ1) is 19.5. The lowest BCUT2D eigenvalue weighted by molar-refractivity contribution is -0.147. The van der Waals surface area contributed by atoms with Crippen LogP contribution in [0.25, 0.3) is 21.7 Å². The first-order valence-corrected chi connectivity index (χ1v) is 12.8. The van der Waals surface area contributed by atoms with Gasteiger partial charge in [0.25, 0.3) is 0 Å². The molecule has 0 saturated carbocycles. The standard InChI is InChI=1S/C32H24N2O6/c33-15-20-4-3-5-21(12-20)19-38-25-10-8-23(16-34-17-24(18-34)32(36)37)28(13-25)39-29-14-30(35)40-31-26-7-2-1-6-22(26)9-11-27(29)31/h1-14,24H,16-19H2,(H,36,37). The molecule has 1 saturated heterocycles. The second-order valence-electron chi connectivity index (χ2n) is 9.79. The van der Waals surface area contributed by atoms with Gasteiger partial charge in [0.1, 0.15) is 29.4 Å². The zero-order valence-electron chi connectivity index (χ0n) is 21.4. The molecule has 2 heterocycles. The van der Waals surface area contributed by atoms with Gasteiger partial charge in [0.15, 0.2) is 0 Å². The van der Waals surface area contributed by atoms with Crippen molar-refractivity contribution < 1.29 is 23.8 Å². The van der Waals surface area contributed by atoms with E-state index in [1.54, 1.807) is 18.2 Å². The van der Waals surface area contributed by atoms with E-state index in [-0.39, 0.29) is 12.5 Å². The topological polar surface area (TPSA) is 113 Å². The van der Waals surface area contributed by atoms with Crippen molar-refractivity contribution >= 4 is 27.7 Å². The van der Waals surface area contributed by atoms with Crippen LogP contribution in [0, 0.1) is 17.2 Å². The monoisotopic (exact) mass is 532 g/mol. The lowest BCUT2D eigenvalue weighted by Gasteiger charge is -2.36. The molecule has 0 spiro atoms. The molecule has 0 radical (unpaired) electrons. The highest BCUT2D eigenvalue weighted by atomic mass is 16.5. The molecular formula is C32H24N2O6. The molecule has 1 fully saturated rings. The van der Waals surface area contributed by atoms with Crippen molar-refractivity contribution in [1.82, 2.24) is 4.90 Å². The molecule has 40 heavy (non-hydrogen) atoms. The van der Waals surface area contributed by atoms with Gasteiger partial charge in [0.2, 0.25) is 0 Å². The molecule has 0 atom stereocenters. The van der Waals surface area contributed by atoms with E-state index in [1.165, 1.54) is 6.07 Å². The van der Waals surface area contributed by atoms with E-state index in [0.717, 1.165) is 21.9 Å². The number of carboxylic acids is 1. The molecule has 4 aromatic carbocycles. The van der Waals surface area contributed by atoms with Crippen LogP contribution in [0.3, 0.4) is 0 Å². The number of rotatable bonds is 8. The van der Waals surface area contributed by atoms with Crippen LogP contribution in [0.1, 0.15) is 16.7 Å². The normalized spacial score (nSPS) is 13.6. The molecule has 0 bridgehead atoms. The van der Waals surface area contributed by atoms with Crippen LogP contribution in [-0.4, -0.2) is 29.1 Å². The van der Waals surface area contributed by atoms with E-state index in [9.17, 15) is 20.0 Å². The lowest BCUT2D eigenvalue weighted by Crippen LogP contribution is -2.49. The van der Waals surface area contributed by atoms with Gasteiger partial charge in [-0.2, -0.15) is 5.26 Å². The molecule has 1 N–H and O–H groups in total. The number of fused-ring (bicyclic) bond motifs is 3. The van der Waals surface area contributed by atoms with Crippen LogP contribution in [0.5, 0.6) is 17.2 Å². The van der Waals surface area contributed by atoms with Crippen LogP contribution in [0.4, 0.5) is 0 Å². The highest BCUT2D eigenvalue weighted by molar-refractivity contribution is 6.05. The molecule has 1 aliphatic heterocycles. The van der Waals surface area contributed by atoms with Crippen molar-refractivity contribution in [1.29, 1.82) is 5.26 Å². The van der Waals surface area contributed by atoms with Crippen molar-refractivity contribution in [2.24, 2.45) is 5.92 Å². The van der Waals surface area contributed by atoms with Crippen LogP contribution in [0.2, 0.25) is 0 Å². The van der Waals surface area contributed by atoms with E-state index in [0.29, 0.717) is 53.4 Å². The highest BCUT2D eigenvalue weighted by Gasteiger charge is 2.32. The Morgan fingerprint density at radius 2 is 1.82 bits per heavy atom. The molecule has 8 nitrogen and oxygen atoms in total. The quantitative estimate of drug-likeness (QED) is 0.200. The molecule has 198 valence electrons. The van der Waals surface area contributed by atoms with Gasteiger partial charge >= 0.3 is 11.6 Å². The van der Waals surface area contributed by atoms with Gasteiger partial charge in [0, 0.05) is 36.7 Å². The summed E-state index contributed by atoms with van der Waals surface area (Å²) in [6.07, 6.45) is 0. The predicted molar refractivity (Wildman–Crippen MR) is 148 cm³/mol. The van der Waals surface area contributed by atoms with Crippen LogP contribution >= 0.6 is 0 Å². The van der Waals surface area contributed by atoms with Crippen molar-refractivity contribution in [2.45, 2.75) is 13.2 Å². The van der Waals surface area contributed by atoms with E-state index in [4.69, 9.17) is 13.9 Å². The molecule has 8 heteroatoms. The number of carboxylic acid groups (broad SMARTS) is 1. The Bertz CT molecular complexity index is 1850. The van der Waals surface area contributed by atoms with Gasteiger partial charge < -0.3 is 19.0 Å². The molecule has 0 unspecified atom stereocenters. The Morgan fingerprint density at radius 3 is 2.65 bits per heavy atom. The largest absolute Gasteiger partial charge is 0.489 e. The molecule has 6 rings (SSSR count). The third-order valence-corrected chi connectivity index (χ3v) is 7.02. The summed E-state index contributed by atoms with van der Waals surface area (Å²) in [6, 6.07) is 27.6. The maximum atomic E-state index is 12.6. The number of ether oxygens (including phenoxy) is 2. The number of nitriles is 1. The van der Waals surface area contributed by atoms with E-state index < -0.39 is 11.6 Å². The van der Waals surface area contributed by atoms with Gasteiger partial charge in [-0.05, 0) is 35.2 Å². The molecular weight excluding hydrogens is 508 g/mol. The molecule has 5 aromatic rings. The summed E-state index contributed by atoms with van der Waals surface area (Å²) in [5.74, 6) is 0.205. The van der Waals surface area contributed by atoms with Crippen molar-refractivity contribution in [3.05, 3.63) is 112 Å². The first-order valence-electron chi connectivity index (χ1n) is 12.8. The number of aliphatic carboxylic acids is 1. The summed E-state index contributed by atoms with van der Waals surface area (Å²) in [5.41, 5.74) is 2.14. The minimum absolute atomic E-state index is 0.255. The van der Waals surface area contributed by atoms with Gasteiger partial charge in [-0.3, -0.25) is 9.69 Å². The van der Waals surface area contributed by atoms with Crippen LogP contribution in [-0.2, 0) is 17.9 Å². The van der Waals surface area contributed by atoms with Crippen molar-refractivity contribution in [3.63, 3.8) is 0 Å². The van der Waals surface area contributed by atoms with Gasteiger partial charge in [0.05, 0.1) is 29.0 Å². The third kappa shape index (κ3) is 5.10. The summed E-state index contributed by atoms with van der Waals surface area (Å²) >= 11 is 0. The maximum Gasteiger partial charge on any atom is 0.339 e. The zero-order valence-corrected chi connectivity index (χ0v) is 21.4. The first kappa shape index (κ1) is 25.2. The minimum Gasteiger partial charge on any atom is -0.489 e. The summed E-state index contributed by atoms with van der Waals surface area (Å²) in [5, 5.41) is 20.8. The van der Waals surface area contributed by atoms with Crippen molar-refractivity contribution in [2.75, 3.05) is 13.1 Å². The lowest BCUT2D eigenvalue weighted by atomic mass is 9.99. The average molecular weight is 533 g/mol. The van der Waals surface area contributed by atoms with Gasteiger partial charge in [-0.15, -0.1) is 0 Å². The van der Waals surface area contributed by atoms with E-state index >= 15 is 0 Å². The number of likely N-dealkylation sites (tertiary alicyclic amines) is 1. The Balaban J connectivity index is 1.34. The predicted octanol–water partition coefficient (Wildman–Crippen LogP) is 5.71. The summed E-state index contributed by atoms with van der Waals surface area (Å²) in [7, 11) is 0. The van der Waals surface area contributed by atoms with Crippen LogP contribution in [0.15, 0.2) is 94.1 Å². The minimum atomic E-state index is -0.799. The van der Waals surface area contributed by atoms with Crippen LogP contribution < -0.4 is 15.1 Å². The van der Waals surface area contributed by atoms with Gasteiger partial charge in [-0.1, -0.05) is 48.5 Å². The fraction of sp³-hybridized carbons (Fsp3) is 0.156. The maximum absolute atomic E-state index is 12.6. The Morgan fingerprint density at radius 1 is 0.975 bits per heavy atom. The number of benzene rings is 4. The summed E-state index contributed by atoms with van der Waals surface area (Å²) in [6.45, 7) is 1.63. The number of nitrogens with zero attached hydrogens (tertiary/aromatic N) is 2. The number of hydrogen-bond donors (Lipinski definition) is 1.